The zero-order valence-electron chi connectivity index (χ0n) is 23.6. The van der Waals surface area contributed by atoms with Crippen LogP contribution in [0, 0.1) is 12.8 Å². The zero-order chi connectivity index (χ0) is 31.1. The maximum absolute atomic E-state index is 14.1. The molecule has 2 aliphatic heterocycles. The van der Waals surface area contributed by atoms with Crippen LogP contribution in [0.4, 0.5) is 11.4 Å². The van der Waals surface area contributed by atoms with E-state index in [-0.39, 0.29) is 23.9 Å². The number of ether oxygens (including phenoxy) is 1. The second kappa shape index (κ2) is 12.2. The molecule has 3 atom stereocenters. The first-order chi connectivity index (χ1) is 21.2. The number of halogens is 1. The number of imide groups is 1. The molecule has 1 aromatic heterocycles. The van der Waals surface area contributed by atoms with Gasteiger partial charge in [0, 0.05) is 21.0 Å². The molecule has 1 fully saturated rings. The van der Waals surface area contributed by atoms with Crippen molar-refractivity contribution in [2.24, 2.45) is 5.92 Å². The van der Waals surface area contributed by atoms with Gasteiger partial charge in [-0.3, -0.25) is 23.7 Å². The highest BCUT2D eigenvalue weighted by atomic mass is 79.9. The van der Waals surface area contributed by atoms with Crippen molar-refractivity contribution in [2.75, 3.05) is 16.8 Å². The quantitative estimate of drug-likeness (QED) is 0.198. The van der Waals surface area contributed by atoms with E-state index in [2.05, 4.69) is 21.2 Å². The summed E-state index contributed by atoms with van der Waals surface area (Å²) in [5.74, 6) is -3.06. The van der Waals surface area contributed by atoms with Gasteiger partial charge in [0.05, 0.1) is 28.8 Å². The summed E-state index contributed by atoms with van der Waals surface area (Å²) >= 11 is 5.65. The first-order valence-corrected chi connectivity index (χ1v) is 16.3. The van der Waals surface area contributed by atoms with E-state index < -0.39 is 34.9 Å². The van der Waals surface area contributed by atoms with Gasteiger partial charge in [-0.1, -0.05) is 68.9 Å². The zero-order valence-corrected chi connectivity index (χ0v) is 26.8. The van der Waals surface area contributed by atoms with Crippen LogP contribution in [0.25, 0.3) is 0 Å². The van der Waals surface area contributed by atoms with Gasteiger partial charge >= 0.3 is 10.8 Å². The lowest BCUT2D eigenvalue weighted by molar-refractivity contribution is -0.122. The summed E-state index contributed by atoms with van der Waals surface area (Å²) in [6, 6.07) is 21.0. The molecule has 0 spiro atoms. The Morgan fingerprint density at radius 2 is 1.70 bits per heavy atom. The minimum absolute atomic E-state index is 0.226. The predicted octanol–water partition coefficient (Wildman–Crippen LogP) is 5.59. The van der Waals surface area contributed by atoms with Crippen LogP contribution in [-0.2, 0) is 25.7 Å². The molecule has 0 radical (unpaired) electrons. The number of nitrogens with zero attached hydrogens (tertiary/aromatic N) is 2. The first-order valence-electron chi connectivity index (χ1n) is 13.8. The number of carbonyl (C=O) groups is 4. The van der Waals surface area contributed by atoms with E-state index in [4.69, 9.17) is 4.74 Å². The van der Waals surface area contributed by atoms with Gasteiger partial charge in [-0.2, -0.15) is 0 Å². The van der Waals surface area contributed by atoms with Gasteiger partial charge in [-0.05, 0) is 67.9 Å². The number of amides is 3. The SMILES string of the molecule is CCOC(=O)c1ccc(N2C(=O)C3Sc4c(sc(=O)n4CC(=O)Nc4ccc(C)cc4)[C@H](c4cccc(Br)c4)C3C2=O)cc1. The Bertz CT molecular complexity index is 1850. The van der Waals surface area contributed by atoms with Crippen molar-refractivity contribution < 1.29 is 23.9 Å². The van der Waals surface area contributed by atoms with Crippen LogP contribution in [-0.4, -0.2) is 40.1 Å². The fraction of sp³-hybridized carbons (Fsp3) is 0.219. The summed E-state index contributed by atoms with van der Waals surface area (Å²) in [6.45, 7) is 3.65. The highest BCUT2D eigenvalue weighted by Gasteiger charge is 2.56. The third kappa shape index (κ3) is 5.53. The molecular weight excluding hydrogens is 666 g/mol. The van der Waals surface area contributed by atoms with Crippen LogP contribution < -0.4 is 15.1 Å². The van der Waals surface area contributed by atoms with Gasteiger partial charge in [0.25, 0.3) is 0 Å². The topological polar surface area (TPSA) is 115 Å². The molecule has 3 amide bonds. The molecule has 44 heavy (non-hydrogen) atoms. The Kier molecular flexibility index (Phi) is 8.32. The van der Waals surface area contributed by atoms with Crippen molar-refractivity contribution in [1.29, 1.82) is 0 Å². The van der Waals surface area contributed by atoms with E-state index in [1.165, 1.54) is 16.7 Å². The third-order valence-electron chi connectivity index (χ3n) is 7.53. The van der Waals surface area contributed by atoms with Crippen molar-refractivity contribution >= 4 is 74.1 Å². The van der Waals surface area contributed by atoms with Gasteiger partial charge in [-0.15, -0.1) is 0 Å². The molecule has 1 saturated heterocycles. The van der Waals surface area contributed by atoms with Crippen LogP contribution in [0.3, 0.4) is 0 Å². The van der Waals surface area contributed by atoms with E-state index in [0.29, 0.717) is 26.8 Å². The molecular formula is C32H26BrN3O6S2. The summed E-state index contributed by atoms with van der Waals surface area (Å²) in [5, 5.41) is 2.51. The Morgan fingerprint density at radius 3 is 2.39 bits per heavy atom. The van der Waals surface area contributed by atoms with Crippen molar-refractivity contribution in [3.8, 4) is 0 Å². The van der Waals surface area contributed by atoms with Crippen molar-refractivity contribution in [3.05, 3.63) is 109 Å². The lowest BCUT2D eigenvalue weighted by atomic mass is 9.83. The van der Waals surface area contributed by atoms with Crippen LogP contribution in [0.2, 0.25) is 0 Å². The molecule has 2 unspecified atom stereocenters. The number of thiazole rings is 1. The molecule has 6 rings (SSSR count). The summed E-state index contributed by atoms with van der Waals surface area (Å²) in [6.07, 6.45) is 0. The summed E-state index contributed by atoms with van der Waals surface area (Å²) in [5.41, 5.74) is 3.08. The number of esters is 1. The second-order valence-electron chi connectivity index (χ2n) is 10.4. The Morgan fingerprint density at radius 1 is 0.977 bits per heavy atom. The van der Waals surface area contributed by atoms with Crippen molar-refractivity contribution in [2.45, 2.75) is 36.6 Å². The normalized spacial score (nSPS) is 19.0. The van der Waals surface area contributed by atoms with Gasteiger partial charge in [0.15, 0.2) is 0 Å². The monoisotopic (exact) mass is 691 g/mol. The predicted molar refractivity (Wildman–Crippen MR) is 172 cm³/mol. The minimum atomic E-state index is -0.830. The highest BCUT2D eigenvalue weighted by molar-refractivity contribution is 9.10. The Hall–Kier alpha value is -4.00. The average Bonchev–Trinajstić information content (AvgIpc) is 3.44. The maximum atomic E-state index is 14.1. The molecule has 2 aliphatic rings. The molecule has 0 bridgehead atoms. The summed E-state index contributed by atoms with van der Waals surface area (Å²) < 4.78 is 7.23. The summed E-state index contributed by atoms with van der Waals surface area (Å²) in [4.78, 5) is 68.1. The molecule has 3 aromatic carbocycles. The number of benzene rings is 3. The molecule has 0 saturated carbocycles. The number of nitrogens with one attached hydrogen (secondary N) is 1. The number of rotatable bonds is 7. The number of carbonyl (C=O) groups excluding carboxylic acids is 4. The van der Waals surface area contributed by atoms with E-state index >= 15 is 0 Å². The number of aromatic nitrogens is 1. The number of anilines is 2. The van der Waals surface area contributed by atoms with Crippen molar-refractivity contribution in [1.82, 2.24) is 4.57 Å². The van der Waals surface area contributed by atoms with Gasteiger partial charge < -0.3 is 10.1 Å². The fourth-order valence-corrected chi connectivity index (χ4v) is 8.70. The van der Waals surface area contributed by atoms with Crippen LogP contribution in [0.15, 0.2) is 87.1 Å². The lowest BCUT2D eigenvalue weighted by Gasteiger charge is -2.30. The minimum Gasteiger partial charge on any atom is -0.462 e. The summed E-state index contributed by atoms with van der Waals surface area (Å²) in [7, 11) is 0. The highest BCUT2D eigenvalue weighted by Crippen LogP contribution is 2.54. The largest absolute Gasteiger partial charge is 0.462 e. The lowest BCUT2D eigenvalue weighted by Crippen LogP contribution is -2.33. The number of hydrogen-bond donors (Lipinski definition) is 1. The van der Waals surface area contributed by atoms with Crippen LogP contribution in [0.1, 0.15) is 39.2 Å². The van der Waals surface area contributed by atoms with Gasteiger partial charge in [-0.25, -0.2) is 9.69 Å². The molecule has 1 N–H and O–H groups in total. The van der Waals surface area contributed by atoms with E-state index in [1.807, 2.05) is 43.3 Å². The van der Waals surface area contributed by atoms with Crippen LogP contribution in [0.5, 0.6) is 0 Å². The Balaban J connectivity index is 1.37. The number of hydrogen-bond acceptors (Lipinski definition) is 8. The second-order valence-corrected chi connectivity index (χ2v) is 13.5. The molecule has 4 aromatic rings. The molecule has 0 aliphatic carbocycles. The van der Waals surface area contributed by atoms with E-state index in [9.17, 15) is 24.0 Å². The first kappa shape index (κ1) is 30.0. The Labute approximate surface area is 269 Å². The standard InChI is InChI=1S/C32H26BrN3O6S2/c1-3-42-31(40)18-9-13-22(14-10-18)36-28(38)25-24(19-5-4-6-20(33)15-19)27-30(43-26(25)29(36)39)35(32(41)44-27)16-23(37)34-21-11-7-17(2)8-12-21/h4-15,24-26H,3,16H2,1-2H3,(H,34,37)/t24-,25?,26?/m1/s1. The van der Waals surface area contributed by atoms with E-state index in [1.54, 1.807) is 31.2 Å². The molecule has 224 valence electrons. The smallest absolute Gasteiger partial charge is 0.338 e. The number of thioether (sulfide) groups is 1. The number of fused-ring (bicyclic) bond motifs is 2. The van der Waals surface area contributed by atoms with Crippen LogP contribution >= 0.6 is 39.0 Å². The van der Waals surface area contributed by atoms with Gasteiger partial charge in [0.1, 0.15) is 11.8 Å². The molecule has 9 nitrogen and oxygen atoms in total. The third-order valence-corrected chi connectivity index (χ3v) is 10.6. The van der Waals surface area contributed by atoms with E-state index in [0.717, 1.165) is 43.6 Å². The maximum Gasteiger partial charge on any atom is 0.338 e. The molecule has 3 heterocycles. The fourth-order valence-electron chi connectivity index (χ4n) is 5.51. The number of aryl methyl sites for hydroxylation is 1. The van der Waals surface area contributed by atoms with Crippen molar-refractivity contribution in [3.63, 3.8) is 0 Å². The van der Waals surface area contributed by atoms with Gasteiger partial charge in [0.2, 0.25) is 17.7 Å². The average molecular weight is 693 g/mol. The molecule has 12 heteroatoms.